The fraction of sp³-hybridized carbons (Fsp3) is 0.400. The van der Waals surface area contributed by atoms with Crippen LogP contribution in [0.2, 0.25) is 0 Å². The quantitative estimate of drug-likeness (QED) is 0.713. The third-order valence-electron chi connectivity index (χ3n) is 2.37. The second-order valence-corrected chi connectivity index (χ2v) is 3.24. The van der Waals surface area contributed by atoms with E-state index in [2.05, 4.69) is 5.32 Å². The van der Waals surface area contributed by atoms with Crippen LogP contribution in [-0.2, 0) is 11.2 Å². The lowest BCUT2D eigenvalue weighted by Crippen LogP contribution is -2.29. The van der Waals surface area contributed by atoms with Crippen LogP contribution in [0.15, 0.2) is 18.2 Å². The molecule has 70 valence electrons. The zero-order valence-corrected chi connectivity index (χ0v) is 7.51. The Hall–Kier alpha value is -1.09. The van der Waals surface area contributed by atoms with Gasteiger partial charge in [0.15, 0.2) is 0 Å². The smallest absolute Gasteiger partial charge is 0.125 e. The van der Waals surface area contributed by atoms with Crippen molar-refractivity contribution in [3.05, 3.63) is 29.6 Å². The van der Waals surface area contributed by atoms with E-state index in [0.717, 1.165) is 24.2 Å². The zero-order valence-electron chi connectivity index (χ0n) is 7.51. The Bertz CT molecular complexity index is 314. The van der Waals surface area contributed by atoms with Crippen LogP contribution in [0.25, 0.3) is 0 Å². The highest BCUT2D eigenvalue weighted by Crippen LogP contribution is 2.23. The second kappa shape index (κ2) is 3.34. The average molecular weight is 181 g/mol. The fourth-order valence-corrected chi connectivity index (χ4v) is 1.60. The molecule has 2 rings (SSSR count). The lowest BCUT2D eigenvalue weighted by molar-refractivity contribution is 0.111. The van der Waals surface area contributed by atoms with Gasteiger partial charge in [-0.15, -0.1) is 0 Å². The summed E-state index contributed by atoms with van der Waals surface area (Å²) in [5.41, 5.74) is 2.02. The minimum absolute atomic E-state index is 0.192. The zero-order chi connectivity index (χ0) is 9.26. The summed E-state index contributed by atoms with van der Waals surface area (Å²) in [6, 6.07) is 4.82. The molecule has 1 aromatic carbocycles. The Balaban J connectivity index is 2.26. The predicted octanol–water partition coefficient (Wildman–Crippen LogP) is 1.81. The van der Waals surface area contributed by atoms with Crippen molar-refractivity contribution in [3.63, 3.8) is 0 Å². The molecule has 1 heterocycles. The van der Waals surface area contributed by atoms with Crippen molar-refractivity contribution in [2.45, 2.75) is 12.5 Å². The minimum atomic E-state index is -0.192. The highest BCUT2D eigenvalue weighted by Gasteiger charge is 2.17. The minimum Gasteiger partial charge on any atom is -0.382 e. The number of rotatable bonds is 1. The Kier molecular flexibility index (Phi) is 2.19. The molecule has 0 radical (unpaired) electrons. The molecule has 0 aromatic heterocycles. The van der Waals surface area contributed by atoms with E-state index >= 15 is 0 Å². The van der Waals surface area contributed by atoms with E-state index in [4.69, 9.17) is 4.74 Å². The molecule has 0 fully saturated rings. The van der Waals surface area contributed by atoms with E-state index in [0.29, 0.717) is 0 Å². The fourth-order valence-electron chi connectivity index (χ4n) is 1.60. The summed E-state index contributed by atoms with van der Waals surface area (Å²) in [7, 11) is 1.70. The number of hydrogen-bond acceptors (Lipinski definition) is 2. The molecule has 1 aliphatic heterocycles. The van der Waals surface area contributed by atoms with E-state index in [1.165, 1.54) is 12.1 Å². The van der Waals surface area contributed by atoms with Crippen molar-refractivity contribution in [2.75, 3.05) is 19.0 Å². The van der Waals surface area contributed by atoms with Crippen molar-refractivity contribution in [1.29, 1.82) is 0 Å². The lowest BCUT2D eigenvalue weighted by atomic mass is 10.0. The van der Waals surface area contributed by atoms with Gasteiger partial charge in [-0.3, -0.25) is 0 Å². The van der Waals surface area contributed by atoms with Crippen molar-refractivity contribution in [1.82, 2.24) is 0 Å². The molecule has 3 heteroatoms. The van der Waals surface area contributed by atoms with Gasteiger partial charge in [-0.25, -0.2) is 4.39 Å². The SMILES string of the molecule is COC1CNc2cc(F)ccc2C1. The van der Waals surface area contributed by atoms with Gasteiger partial charge in [0.2, 0.25) is 0 Å². The van der Waals surface area contributed by atoms with E-state index in [1.807, 2.05) is 6.07 Å². The number of anilines is 1. The van der Waals surface area contributed by atoms with Gasteiger partial charge >= 0.3 is 0 Å². The number of methoxy groups -OCH3 is 1. The van der Waals surface area contributed by atoms with Crippen molar-refractivity contribution in [2.24, 2.45) is 0 Å². The molecule has 0 aliphatic carbocycles. The largest absolute Gasteiger partial charge is 0.382 e. The topological polar surface area (TPSA) is 21.3 Å². The van der Waals surface area contributed by atoms with Crippen LogP contribution in [0.1, 0.15) is 5.56 Å². The van der Waals surface area contributed by atoms with Gasteiger partial charge < -0.3 is 10.1 Å². The average Bonchev–Trinajstić information content (AvgIpc) is 2.17. The van der Waals surface area contributed by atoms with Crippen LogP contribution >= 0.6 is 0 Å². The van der Waals surface area contributed by atoms with Gasteiger partial charge in [0, 0.05) is 25.8 Å². The first-order valence-electron chi connectivity index (χ1n) is 4.34. The maximum Gasteiger partial charge on any atom is 0.125 e. The van der Waals surface area contributed by atoms with Crippen LogP contribution in [0.5, 0.6) is 0 Å². The predicted molar refractivity (Wildman–Crippen MR) is 49.4 cm³/mol. The molecule has 1 aliphatic rings. The van der Waals surface area contributed by atoms with Crippen molar-refractivity contribution >= 4 is 5.69 Å². The normalized spacial score (nSPS) is 20.6. The molecule has 1 atom stereocenters. The Morgan fingerprint density at radius 3 is 3.15 bits per heavy atom. The summed E-state index contributed by atoms with van der Waals surface area (Å²) >= 11 is 0. The maximum atomic E-state index is 12.8. The first-order valence-corrected chi connectivity index (χ1v) is 4.34. The third-order valence-corrected chi connectivity index (χ3v) is 2.37. The first kappa shape index (κ1) is 8.51. The van der Waals surface area contributed by atoms with Crippen molar-refractivity contribution < 1.29 is 9.13 Å². The number of benzene rings is 1. The van der Waals surface area contributed by atoms with Gasteiger partial charge in [0.1, 0.15) is 5.82 Å². The van der Waals surface area contributed by atoms with Crippen LogP contribution in [-0.4, -0.2) is 19.8 Å². The van der Waals surface area contributed by atoms with Crippen LogP contribution in [0, 0.1) is 5.82 Å². The van der Waals surface area contributed by atoms with Crippen molar-refractivity contribution in [3.8, 4) is 0 Å². The van der Waals surface area contributed by atoms with Gasteiger partial charge in [-0.2, -0.15) is 0 Å². The Morgan fingerprint density at radius 2 is 2.38 bits per heavy atom. The first-order chi connectivity index (χ1) is 6.29. The number of hydrogen-bond donors (Lipinski definition) is 1. The highest BCUT2D eigenvalue weighted by atomic mass is 19.1. The number of halogens is 1. The molecule has 13 heavy (non-hydrogen) atoms. The lowest BCUT2D eigenvalue weighted by Gasteiger charge is -2.24. The summed E-state index contributed by atoms with van der Waals surface area (Å²) in [6.07, 6.45) is 1.07. The summed E-state index contributed by atoms with van der Waals surface area (Å²) < 4.78 is 18.0. The molecule has 0 bridgehead atoms. The molecular weight excluding hydrogens is 169 g/mol. The Morgan fingerprint density at radius 1 is 1.54 bits per heavy atom. The van der Waals surface area contributed by atoms with Crippen LogP contribution in [0.3, 0.4) is 0 Å². The summed E-state index contributed by atoms with van der Waals surface area (Å²) in [4.78, 5) is 0. The second-order valence-electron chi connectivity index (χ2n) is 3.24. The summed E-state index contributed by atoms with van der Waals surface area (Å²) in [5.74, 6) is -0.192. The molecule has 0 saturated carbocycles. The molecule has 1 unspecified atom stereocenters. The highest BCUT2D eigenvalue weighted by molar-refractivity contribution is 5.53. The van der Waals surface area contributed by atoms with Gasteiger partial charge in [-0.05, 0) is 17.7 Å². The van der Waals surface area contributed by atoms with Gasteiger partial charge in [-0.1, -0.05) is 6.07 Å². The van der Waals surface area contributed by atoms with Gasteiger partial charge in [0.25, 0.3) is 0 Å². The van der Waals surface area contributed by atoms with E-state index in [1.54, 1.807) is 7.11 Å². The summed E-state index contributed by atoms with van der Waals surface area (Å²) in [5, 5.41) is 3.14. The maximum absolute atomic E-state index is 12.8. The van der Waals surface area contributed by atoms with E-state index < -0.39 is 0 Å². The number of nitrogens with one attached hydrogen (secondary N) is 1. The Labute approximate surface area is 76.7 Å². The third kappa shape index (κ3) is 1.65. The molecule has 0 amide bonds. The standard InChI is InChI=1S/C10H12FNO/c1-13-9-4-7-2-3-8(11)5-10(7)12-6-9/h2-3,5,9,12H,4,6H2,1H3. The molecular formula is C10H12FNO. The summed E-state index contributed by atoms with van der Waals surface area (Å²) in [6.45, 7) is 0.757. The molecule has 1 N–H and O–H groups in total. The van der Waals surface area contributed by atoms with E-state index in [9.17, 15) is 4.39 Å². The van der Waals surface area contributed by atoms with E-state index in [-0.39, 0.29) is 11.9 Å². The molecule has 0 spiro atoms. The monoisotopic (exact) mass is 181 g/mol. The molecule has 1 aromatic rings. The van der Waals surface area contributed by atoms with Crippen LogP contribution in [0.4, 0.5) is 10.1 Å². The molecule has 0 saturated heterocycles. The number of fused-ring (bicyclic) bond motifs is 1. The molecule has 2 nitrogen and oxygen atoms in total. The van der Waals surface area contributed by atoms with Crippen LogP contribution < -0.4 is 5.32 Å². The van der Waals surface area contributed by atoms with Gasteiger partial charge in [0.05, 0.1) is 6.10 Å². The number of ether oxygens (including phenoxy) is 1.